The summed E-state index contributed by atoms with van der Waals surface area (Å²) in [5.41, 5.74) is 2.30. The largest absolute Gasteiger partial charge is 0.507 e. The van der Waals surface area contributed by atoms with Gasteiger partial charge in [-0.2, -0.15) is 0 Å². The molecule has 0 fully saturated rings. The molecule has 1 aromatic rings. The first kappa shape index (κ1) is 11.8. The fraction of sp³-hybridized carbons (Fsp3) is 0.462. The van der Waals surface area contributed by atoms with Crippen molar-refractivity contribution in [3.05, 3.63) is 28.8 Å². The van der Waals surface area contributed by atoms with Gasteiger partial charge in [0.15, 0.2) is 6.29 Å². The second-order valence-corrected chi connectivity index (χ2v) is 3.76. The van der Waals surface area contributed by atoms with Crippen molar-refractivity contribution in [3.8, 4) is 5.75 Å². The summed E-state index contributed by atoms with van der Waals surface area (Å²) in [4.78, 5) is 10.9. The van der Waals surface area contributed by atoms with Gasteiger partial charge in [-0.15, -0.1) is 0 Å². The number of phenols is 1. The minimum absolute atomic E-state index is 0.179. The van der Waals surface area contributed by atoms with Gasteiger partial charge in [0.25, 0.3) is 0 Å². The topological polar surface area (TPSA) is 37.3 Å². The lowest BCUT2D eigenvalue weighted by Crippen LogP contribution is -1.96. The molecular formula is C13H18O2. The molecule has 0 saturated carbocycles. The summed E-state index contributed by atoms with van der Waals surface area (Å²) in [5, 5.41) is 9.90. The van der Waals surface area contributed by atoms with Gasteiger partial charge in [0.1, 0.15) is 5.75 Å². The van der Waals surface area contributed by atoms with Crippen molar-refractivity contribution in [1.29, 1.82) is 0 Å². The molecule has 0 aliphatic carbocycles. The lowest BCUT2D eigenvalue weighted by molar-refractivity contribution is 0.112. The highest BCUT2D eigenvalue weighted by Gasteiger charge is 2.10. The van der Waals surface area contributed by atoms with Gasteiger partial charge in [0.05, 0.1) is 5.56 Å². The van der Waals surface area contributed by atoms with E-state index in [0.717, 1.165) is 43.1 Å². The second-order valence-electron chi connectivity index (χ2n) is 3.76. The highest BCUT2D eigenvalue weighted by molar-refractivity contribution is 5.82. The molecule has 0 aliphatic rings. The van der Waals surface area contributed by atoms with E-state index >= 15 is 0 Å². The lowest BCUT2D eigenvalue weighted by atomic mass is 9.98. The normalized spacial score (nSPS) is 10.3. The number of benzene rings is 1. The summed E-state index contributed by atoms with van der Waals surface area (Å²) in [7, 11) is 0. The Bertz CT molecular complexity index is 343. The van der Waals surface area contributed by atoms with Crippen LogP contribution in [0.2, 0.25) is 0 Å². The molecule has 82 valence electrons. The van der Waals surface area contributed by atoms with Gasteiger partial charge in [-0.3, -0.25) is 4.79 Å². The van der Waals surface area contributed by atoms with Gasteiger partial charge in [0, 0.05) is 0 Å². The minimum atomic E-state index is 0.179. The van der Waals surface area contributed by atoms with E-state index in [1.165, 1.54) is 0 Å². The molecule has 2 nitrogen and oxygen atoms in total. The number of carbonyl (C=O) groups excluding carboxylic acids is 1. The third-order valence-electron chi connectivity index (χ3n) is 2.55. The monoisotopic (exact) mass is 206 g/mol. The van der Waals surface area contributed by atoms with Crippen molar-refractivity contribution in [1.82, 2.24) is 0 Å². The SMILES string of the molecule is CCCc1ccc(CCC)c(C=O)c1O. The van der Waals surface area contributed by atoms with E-state index in [4.69, 9.17) is 0 Å². The Morgan fingerprint density at radius 1 is 1.13 bits per heavy atom. The van der Waals surface area contributed by atoms with E-state index in [2.05, 4.69) is 13.8 Å². The Balaban J connectivity index is 3.13. The number of hydrogen-bond donors (Lipinski definition) is 1. The smallest absolute Gasteiger partial charge is 0.154 e. The third-order valence-corrected chi connectivity index (χ3v) is 2.55. The molecule has 0 amide bonds. The standard InChI is InChI=1S/C13H18O2/c1-3-5-10-7-8-11(6-4-2)13(15)12(10)9-14/h7-9,15H,3-6H2,1-2H3. The first-order chi connectivity index (χ1) is 7.24. The Kier molecular flexibility index (Phi) is 4.35. The van der Waals surface area contributed by atoms with Gasteiger partial charge in [-0.1, -0.05) is 38.8 Å². The predicted octanol–water partition coefficient (Wildman–Crippen LogP) is 3.11. The second kappa shape index (κ2) is 5.54. The zero-order chi connectivity index (χ0) is 11.3. The molecule has 0 unspecified atom stereocenters. The van der Waals surface area contributed by atoms with E-state index in [1.807, 2.05) is 12.1 Å². The van der Waals surface area contributed by atoms with Crippen molar-refractivity contribution in [2.24, 2.45) is 0 Å². The predicted molar refractivity (Wildman–Crippen MR) is 61.5 cm³/mol. The zero-order valence-corrected chi connectivity index (χ0v) is 9.42. The van der Waals surface area contributed by atoms with E-state index < -0.39 is 0 Å². The third kappa shape index (κ3) is 2.58. The zero-order valence-electron chi connectivity index (χ0n) is 9.42. The van der Waals surface area contributed by atoms with Crippen LogP contribution >= 0.6 is 0 Å². The average molecular weight is 206 g/mol. The Labute approximate surface area is 90.9 Å². The van der Waals surface area contributed by atoms with E-state index in [0.29, 0.717) is 5.56 Å². The molecule has 0 atom stereocenters. The summed E-state index contributed by atoms with van der Waals surface area (Å²) in [6.07, 6.45) is 4.37. The quantitative estimate of drug-likeness (QED) is 0.751. The number of rotatable bonds is 5. The molecule has 0 spiro atoms. The van der Waals surface area contributed by atoms with Gasteiger partial charge < -0.3 is 5.11 Å². The summed E-state index contributed by atoms with van der Waals surface area (Å²) in [6.45, 7) is 4.12. The van der Waals surface area contributed by atoms with Crippen molar-refractivity contribution in [3.63, 3.8) is 0 Å². The van der Waals surface area contributed by atoms with Crippen molar-refractivity contribution >= 4 is 6.29 Å². The van der Waals surface area contributed by atoms with Crippen LogP contribution in [0, 0.1) is 0 Å². The molecule has 1 rings (SSSR count). The number of phenolic OH excluding ortho intramolecular Hbond substituents is 1. The first-order valence-corrected chi connectivity index (χ1v) is 5.53. The number of hydrogen-bond acceptors (Lipinski definition) is 2. The maximum atomic E-state index is 10.9. The molecule has 2 heteroatoms. The lowest BCUT2D eigenvalue weighted by Gasteiger charge is -2.09. The molecule has 0 aliphatic heterocycles. The summed E-state index contributed by atoms with van der Waals surface area (Å²) >= 11 is 0. The molecule has 1 aromatic carbocycles. The Morgan fingerprint density at radius 2 is 1.67 bits per heavy atom. The van der Waals surface area contributed by atoms with Crippen LogP contribution in [0.4, 0.5) is 0 Å². The molecule has 0 bridgehead atoms. The van der Waals surface area contributed by atoms with Crippen LogP contribution in [0.15, 0.2) is 12.1 Å². The van der Waals surface area contributed by atoms with Crippen LogP contribution in [0.3, 0.4) is 0 Å². The van der Waals surface area contributed by atoms with Gasteiger partial charge in [0.2, 0.25) is 0 Å². The van der Waals surface area contributed by atoms with Crippen LogP contribution in [-0.4, -0.2) is 11.4 Å². The summed E-state index contributed by atoms with van der Waals surface area (Å²) in [6, 6.07) is 3.88. The number of aryl methyl sites for hydroxylation is 2. The van der Waals surface area contributed by atoms with Gasteiger partial charge >= 0.3 is 0 Å². The Hall–Kier alpha value is -1.31. The first-order valence-electron chi connectivity index (χ1n) is 5.53. The van der Waals surface area contributed by atoms with E-state index in [1.54, 1.807) is 0 Å². The molecular weight excluding hydrogens is 188 g/mol. The van der Waals surface area contributed by atoms with Crippen LogP contribution < -0.4 is 0 Å². The average Bonchev–Trinajstić information content (AvgIpc) is 2.23. The fourth-order valence-electron chi connectivity index (χ4n) is 1.78. The van der Waals surface area contributed by atoms with Crippen molar-refractivity contribution < 1.29 is 9.90 Å². The molecule has 0 saturated heterocycles. The molecule has 1 N–H and O–H groups in total. The minimum Gasteiger partial charge on any atom is -0.507 e. The molecule has 0 aromatic heterocycles. The van der Waals surface area contributed by atoms with E-state index in [9.17, 15) is 9.90 Å². The van der Waals surface area contributed by atoms with Crippen LogP contribution in [0.25, 0.3) is 0 Å². The van der Waals surface area contributed by atoms with Crippen molar-refractivity contribution in [2.45, 2.75) is 39.5 Å². The van der Waals surface area contributed by atoms with Crippen molar-refractivity contribution in [2.75, 3.05) is 0 Å². The van der Waals surface area contributed by atoms with Crippen LogP contribution in [0.5, 0.6) is 5.75 Å². The summed E-state index contributed by atoms with van der Waals surface area (Å²) < 4.78 is 0. The highest BCUT2D eigenvalue weighted by Crippen LogP contribution is 2.26. The summed E-state index contributed by atoms with van der Waals surface area (Å²) in [5.74, 6) is 0.179. The number of carbonyl (C=O) groups is 1. The van der Waals surface area contributed by atoms with Crippen LogP contribution in [0.1, 0.15) is 48.2 Å². The fourth-order valence-corrected chi connectivity index (χ4v) is 1.78. The van der Waals surface area contributed by atoms with Gasteiger partial charge in [-0.25, -0.2) is 0 Å². The number of aromatic hydroxyl groups is 1. The highest BCUT2D eigenvalue weighted by atomic mass is 16.3. The molecule has 0 radical (unpaired) electrons. The molecule has 15 heavy (non-hydrogen) atoms. The van der Waals surface area contributed by atoms with E-state index in [-0.39, 0.29) is 5.75 Å². The molecule has 0 heterocycles. The van der Waals surface area contributed by atoms with Gasteiger partial charge in [-0.05, 0) is 24.0 Å². The maximum Gasteiger partial charge on any atom is 0.154 e. The van der Waals surface area contributed by atoms with Crippen LogP contribution in [-0.2, 0) is 12.8 Å². The number of aldehydes is 1. The maximum absolute atomic E-state index is 10.9. The Morgan fingerprint density at radius 3 is 2.20 bits per heavy atom.